The molecule has 0 aliphatic carbocycles. The summed E-state index contributed by atoms with van der Waals surface area (Å²) in [6, 6.07) is 11.5. The molecule has 5 nitrogen and oxygen atoms in total. The normalized spacial score (nSPS) is 15.0. The largest absolute Gasteiger partial charge is 0.454 e. The highest BCUT2D eigenvalue weighted by atomic mass is 16.5. The first kappa shape index (κ1) is 18.0. The van der Waals surface area contributed by atoms with Crippen LogP contribution in [0.2, 0.25) is 0 Å². The zero-order valence-electron chi connectivity index (χ0n) is 14.8. The Morgan fingerprint density at radius 2 is 1.77 bits per heavy atom. The fourth-order valence-electron chi connectivity index (χ4n) is 3.06. The van der Waals surface area contributed by atoms with Gasteiger partial charge in [-0.15, -0.1) is 0 Å². The number of aromatic amines is 1. The van der Waals surface area contributed by atoms with Crippen LogP contribution in [0.1, 0.15) is 41.7 Å². The molecule has 1 aliphatic rings. The molecule has 0 radical (unpaired) electrons. The van der Waals surface area contributed by atoms with Gasteiger partial charge in [0.1, 0.15) is 0 Å². The molecule has 0 spiro atoms. The molecule has 1 aromatic heterocycles. The molecule has 3 rings (SSSR count). The summed E-state index contributed by atoms with van der Waals surface area (Å²) in [6.45, 7) is 1.95. The van der Waals surface area contributed by atoms with Crippen LogP contribution in [-0.4, -0.2) is 36.4 Å². The zero-order valence-corrected chi connectivity index (χ0v) is 14.8. The molecule has 1 aliphatic heterocycles. The van der Waals surface area contributed by atoms with E-state index in [9.17, 15) is 9.59 Å². The summed E-state index contributed by atoms with van der Waals surface area (Å²) in [5.41, 5.74) is 2.59. The summed E-state index contributed by atoms with van der Waals surface area (Å²) < 4.78 is 4.98. The smallest absolute Gasteiger partial charge is 0.331 e. The van der Waals surface area contributed by atoms with Gasteiger partial charge in [-0.1, -0.05) is 25.0 Å². The van der Waals surface area contributed by atoms with Gasteiger partial charge >= 0.3 is 5.97 Å². The number of nitrogens with one attached hydrogen (secondary N) is 1. The van der Waals surface area contributed by atoms with Crippen LogP contribution in [0.15, 0.2) is 48.7 Å². The lowest BCUT2D eigenvalue weighted by atomic mass is 10.1. The molecule has 5 heteroatoms. The molecule has 1 saturated heterocycles. The average Bonchev–Trinajstić information content (AvgIpc) is 3.08. The molecule has 0 saturated carbocycles. The highest BCUT2D eigenvalue weighted by Crippen LogP contribution is 2.20. The molecule has 26 heavy (non-hydrogen) atoms. The maximum absolute atomic E-state index is 11.8. The van der Waals surface area contributed by atoms with Gasteiger partial charge in [0.15, 0.2) is 6.61 Å². The molecule has 136 valence electrons. The number of anilines is 1. The Morgan fingerprint density at radius 1 is 1.04 bits per heavy atom. The number of aromatic nitrogens is 1. The van der Waals surface area contributed by atoms with Crippen LogP contribution in [-0.2, 0) is 9.53 Å². The zero-order chi connectivity index (χ0) is 18.2. The van der Waals surface area contributed by atoms with Crippen molar-refractivity contribution in [2.45, 2.75) is 25.7 Å². The minimum Gasteiger partial charge on any atom is -0.454 e. The summed E-state index contributed by atoms with van der Waals surface area (Å²) >= 11 is 0. The number of rotatable bonds is 6. The second-order valence-electron chi connectivity index (χ2n) is 6.44. The molecule has 0 atom stereocenters. The third-order valence-electron chi connectivity index (χ3n) is 4.52. The van der Waals surface area contributed by atoms with E-state index in [4.69, 9.17) is 4.74 Å². The maximum atomic E-state index is 11.8. The number of H-pyrrole nitrogens is 1. The molecule has 0 amide bonds. The topological polar surface area (TPSA) is 62.4 Å². The Morgan fingerprint density at radius 3 is 2.42 bits per heavy atom. The standard InChI is InChI=1S/C21H24N2O3/c24-20(19-6-5-13-22-19)16-26-21(25)12-9-17-7-10-18(11-8-17)23-14-3-1-2-4-15-23/h5-13,22H,1-4,14-16H2/b12-9+. The highest BCUT2D eigenvalue weighted by Gasteiger charge is 2.10. The number of esters is 1. The number of ether oxygens (including phenoxy) is 1. The van der Waals surface area contributed by atoms with Gasteiger partial charge in [-0.25, -0.2) is 4.79 Å². The molecule has 1 aromatic carbocycles. The van der Waals surface area contributed by atoms with Gasteiger partial charge in [-0.3, -0.25) is 4.79 Å². The van der Waals surface area contributed by atoms with Crippen LogP contribution >= 0.6 is 0 Å². The number of benzene rings is 1. The Hall–Kier alpha value is -2.82. The van der Waals surface area contributed by atoms with E-state index in [-0.39, 0.29) is 12.4 Å². The molecular formula is C21H24N2O3. The van der Waals surface area contributed by atoms with Gasteiger partial charge in [0.25, 0.3) is 0 Å². The molecule has 0 bridgehead atoms. The Bertz CT molecular complexity index is 740. The van der Waals surface area contributed by atoms with Crippen molar-refractivity contribution in [3.8, 4) is 0 Å². The fraction of sp³-hybridized carbons (Fsp3) is 0.333. The van der Waals surface area contributed by atoms with E-state index in [1.807, 2.05) is 12.1 Å². The summed E-state index contributed by atoms with van der Waals surface area (Å²) in [5, 5.41) is 0. The van der Waals surface area contributed by atoms with Crippen molar-refractivity contribution in [3.05, 3.63) is 59.9 Å². The number of carbonyl (C=O) groups excluding carboxylic acids is 2. The number of Topliss-reactive ketones (excluding diaryl/α,β-unsaturated/α-hetero) is 1. The van der Waals surface area contributed by atoms with E-state index in [1.165, 1.54) is 37.4 Å². The van der Waals surface area contributed by atoms with E-state index < -0.39 is 5.97 Å². The molecular weight excluding hydrogens is 328 g/mol. The van der Waals surface area contributed by atoms with Crippen molar-refractivity contribution in [3.63, 3.8) is 0 Å². The van der Waals surface area contributed by atoms with E-state index in [0.717, 1.165) is 18.7 Å². The maximum Gasteiger partial charge on any atom is 0.331 e. The predicted octanol–water partition coefficient (Wildman–Crippen LogP) is 3.83. The highest BCUT2D eigenvalue weighted by molar-refractivity contribution is 5.97. The first-order valence-electron chi connectivity index (χ1n) is 9.09. The molecule has 1 fully saturated rings. The minimum atomic E-state index is -0.526. The van der Waals surface area contributed by atoms with E-state index in [0.29, 0.717) is 5.69 Å². The van der Waals surface area contributed by atoms with Gasteiger partial charge < -0.3 is 14.6 Å². The lowest BCUT2D eigenvalue weighted by molar-refractivity contribution is -0.136. The van der Waals surface area contributed by atoms with Gasteiger partial charge in [0.2, 0.25) is 5.78 Å². The molecule has 2 heterocycles. The SMILES string of the molecule is O=C(/C=C/c1ccc(N2CCCCCC2)cc1)OCC(=O)c1ccc[nH]1. The average molecular weight is 352 g/mol. The Balaban J connectivity index is 1.49. The van der Waals surface area contributed by atoms with Crippen LogP contribution in [0, 0.1) is 0 Å². The van der Waals surface area contributed by atoms with E-state index >= 15 is 0 Å². The number of hydrogen-bond acceptors (Lipinski definition) is 4. The van der Waals surface area contributed by atoms with Gasteiger partial charge in [0.05, 0.1) is 5.69 Å². The quantitative estimate of drug-likeness (QED) is 0.487. The number of nitrogens with zero attached hydrogens (tertiary/aromatic N) is 1. The number of hydrogen-bond donors (Lipinski definition) is 1. The molecule has 2 aromatic rings. The van der Waals surface area contributed by atoms with Crippen molar-refractivity contribution >= 4 is 23.5 Å². The predicted molar refractivity (Wildman–Crippen MR) is 102 cm³/mol. The first-order chi connectivity index (χ1) is 12.7. The minimum absolute atomic E-state index is 0.251. The summed E-state index contributed by atoms with van der Waals surface area (Å²) in [6.07, 6.45) is 9.82. The lowest BCUT2D eigenvalue weighted by Gasteiger charge is -2.22. The second kappa shape index (κ2) is 9.04. The van der Waals surface area contributed by atoms with Crippen LogP contribution in [0.3, 0.4) is 0 Å². The molecule has 0 unspecified atom stereocenters. The van der Waals surface area contributed by atoms with Crippen molar-refractivity contribution < 1.29 is 14.3 Å². The number of carbonyl (C=O) groups is 2. The second-order valence-corrected chi connectivity index (χ2v) is 6.44. The van der Waals surface area contributed by atoms with Crippen LogP contribution in [0.4, 0.5) is 5.69 Å². The Kier molecular flexibility index (Phi) is 6.25. The van der Waals surface area contributed by atoms with Crippen LogP contribution in [0.5, 0.6) is 0 Å². The lowest BCUT2D eigenvalue weighted by Crippen LogP contribution is -2.23. The van der Waals surface area contributed by atoms with Crippen LogP contribution < -0.4 is 4.90 Å². The third kappa shape index (κ3) is 5.09. The first-order valence-corrected chi connectivity index (χ1v) is 9.09. The van der Waals surface area contributed by atoms with Crippen molar-refractivity contribution in [1.82, 2.24) is 4.98 Å². The van der Waals surface area contributed by atoms with Crippen molar-refractivity contribution in [2.24, 2.45) is 0 Å². The molecule has 1 N–H and O–H groups in total. The third-order valence-corrected chi connectivity index (χ3v) is 4.52. The summed E-state index contributed by atoms with van der Waals surface area (Å²) in [5.74, 6) is -0.778. The van der Waals surface area contributed by atoms with Gasteiger partial charge in [0, 0.05) is 31.0 Å². The van der Waals surface area contributed by atoms with Crippen molar-refractivity contribution in [1.29, 1.82) is 0 Å². The van der Waals surface area contributed by atoms with Gasteiger partial charge in [-0.05, 0) is 48.7 Å². The number of ketones is 1. The fourth-order valence-corrected chi connectivity index (χ4v) is 3.06. The monoisotopic (exact) mass is 352 g/mol. The van der Waals surface area contributed by atoms with E-state index in [1.54, 1.807) is 24.4 Å². The van der Waals surface area contributed by atoms with Gasteiger partial charge in [-0.2, -0.15) is 0 Å². The summed E-state index contributed by atoms with van der Waals surface area (Å²) in [4.78, 5) is 28.7. The van der Waals surface area contributed by atoms with Crippen LogP contribution in [0.25, 0.3) is 6.08 Å². The Labute approximate surface area is 153 Å². The van der Waals surface area contributed by atoms with E-state index in [2.05, 4.69) is 22.0 Å². The van der Waals surface area contributed by atoms with Crippen molar-refractivity contribution in [2.75, 3.05) is 24.6 Å². The summed E-state index contributed by atoms with van der Waals surface area (Å²) in [7, 11) is 0.